The molecular weight excluding hydrogens is 338 g/mol. The van der Waals surface area contributed by atoms with E-state index in [-0.39, 0.29) is 0 Å². The number of hydrogen-bond acceptors (Lipinski definition) is 6. The molecule has 0 fully saturated rings. The number of unbranched alkanes of at least 4 members (excludes halogenated alkanes) is 1. The van der Waals surface area contributed by atoms with E-state index in [2.05, 4.69) is 27.4 Å². The van der Waals surface area contributed by atoms with Crippen molar-refractivity contribution in [2.24, 2.45) is 0 Å². The van der Waals surface area contributed by atoms with Gasteiger partial charge in [0.15, 0.2) is 5.82 Å². The molecule has 0 aliphatic carbocycles. The van der Waals surface area contributed by atoms with Crippen LogP contribution in [0.1, 0.15) is 25.3 Å². The lowest BCUT2D eigenvalue weighted by Crippen LogP contribution is -2.21. The second-order valence-corrected chi connectivity index (χ2v) is 6.34. The molecule has 2 aromatic carbocycles. The molecule has 6 heteroatoms. The van der Waals surface area contributed by atoms with Crippen LogP contribution in [0.25, 0.3) is 0 Å². The molecule has 1 aromatic heterocycles. The fourth-order valence-corrected chi connectivity index (χ4v) is 2.53. The van der Waals surface area contributed by atoms with Crippen molar-refractivity contribution in [1.82, 2.24) is 15.2 Å². The average Bonchev–Trinajstić information content (AvgIpc) is 2.72. The molecule has 0 aliphatic rings. The van der Waals surface area contributed by atoms with E-state index in [4.69, 9.17) is 4.74 Å². The number of ether oxygens (including phenoxy) is 1. The fraction of sp³-hybridized carbons (Fsp3) is 0.286. The van der Waals surface area contributed by atoms with E-state index in [0.717, 1.165) is 36.4 Å². The van der Waals surface area contributed by atoms with Crippen molar-refractivity contribution in [3.05, 3.63) is 66.4 Å². The smallest absolute Gasteiger partial charge is 0.247 e. The van der Waals surface area contributed by atoms with E-state index in [9.17, 15) is 0 Å². The minimum atomic E-state index is 0.552. The highest BCUT2D eigenvalue weighted by atomic mass is 16.5. The summed E-state index contributed by atoms with van der Waals surface area (Å²) in [5, 5.41) is 11.4. The van der Waals surface area contributed by atoms with Crippen molar-refractivity contribution in [3.8, 4) is 5.75 Å². The zero-order chi connectivity index (χ0) is 18.9. The molecule has 0 aliphatic heterocycles. The molecule has 3 aromatic rings. The second kappa shape index (κ2) is 9.52. The minimum absolute atomic E-state index is 0.552. The summed E-state index contributed by atoms with van der Waals surface area (Å²) in [6.07, 6.45) is 3.85. The van der Waals surface area contributed by atoms with Crippen molar-refractivity contribution < 1.29 is 4.74 Å². The van der Waals surface area contributed by atoms with Crippen LogP contribution in [-0.2, 0) is 6.61 Å². The van der Waals surface area contributed by atoms with E-state index in [1.807, 2.05) is 66.5 Å². The number of nitrogens with zero attached hydrogens (tertiary/aromatic N) is 4. The Morgan fingerprint density at radius 1 is 1.04 bits per heavy atom. The number of anilines is 3. The predicted molar refractivity (Wildman–Crippen MR) is 109 cm³/mol. The van der Waals surface area contributed by atoms with Crippen LogP contribution in [0.4, 0.5) is 17.5 Å². The molecule has 0 unspecified atom stereocenters. The maximum absolute atomic E-state index is 5.81. The third-order valence-electron chi connectivity index (χ3n) is 4.11. The van der Waals surface area contributed by atoms with Gasteiger partial charge in [0, 0.05) is 19.3 Å². The minimum Gasteiger partial charge on any atom is -0.489 e. The van der Waals surface area contributed by atoms with Gasteiger partial charge in [0.1, 0.15) is 12.4 Å². The highest BCUT2D eigenvalue weighted by molar-refractivity contribution is 5.57. The quantitative estimate of drug-likeness (QED) is 0.607. The summed E-state index contributed by atoms with van der Waals surface area (Å²) in [5.41, 5.74) is 2.07. The number of nitrogens with one attached hydrogen (secondary N) is 1. The molecule has 0 bridgehead atoms. The molecule has 0 amide bonds. The molecule has 1 heterocycles. The lowest BCUT2D eigenvalue weighted by Gasteiger charge is -2.16. The molecule has 0 saturated heterocycles. The lowest BCUT2D eigenvalue weighted by atomic mass is 10.2. The lowest BCUT2D eigenvalue weighted by molar-refractivity contribution is 0.306. The number of rotatable bonds is 9. The van der Waals surface area contributed by atoms with Crippen LogP contribution in [0.3, 0.4) is 0 Å². The molecule has 6 nitrogen and oxygen atoms in total. The Kier molecular flexibility index (Phi) is 6.57. The Morgan fingerprint density at radius 3 is 2.56 bits per heavy atom. The summed E-state index contributed by atoms with van der Waals surface area (Å²) in [6, 6.07) is 17.9. The largest absolute Gasteiger partial charge is 0.489 e. The first kappa shape index (κ1) is 18.6. The molecule has 0 spiro atoms. The van der Waals surface area contributed by atoms with Crippen LogP contribution in [0.2, 0.25) is 0 Å². The van der Waals surface area contributed by atoms with Crippen LogP contribution in [0.15, 0.2) is 60.8 Å². The summed E-state index contributed by atoms with van der Waals surface area (Å²) in [7, 11) is 1.98. The third kappa shape index (κ3) is 5.67. The van der Waals surface area contributed by atoms with Crippen molar-refractivity contribution in [1.29, 1.82) is 0 Å². The van der Waals surface area contributed by atoms with Crippen molar-refractivity contribution in [2.75, 3.05) is 23.8 Å². The van der Waals surface area contributed by atoms with Crippen LogP contribution in [-0.4, -0.2) is 28.8 Å². The maximum atomic E-state index is 5.81. The number of benzene rings is 2. The van der Waals surface area contributed by atoms with Crippen LogP contribution in [0, 0.1) is 0 Å². The maximum Gasteiger partial charge on any atom is 0.247 e. The Hall–Kier alpha value is -3.15. The summed E-state index contributed by atoms with van der Waals surface area (Å²) in [4.78, 5) is 6.55. The van der Waals surface area contributed by atoms with Gasteiger partial charge >= 0.3 is 0 Å². The Balaban J connectivity index is 1.58. The molecule has 27 heavy (non-hydrogen) atoms. The van der Waals surface area contributed by atoms with E-state index in [1.165, 1.54) is 0 Å². The van der Waals surface area contributed by atoms with E-state index in [1.54, 1.807) is 6.20 Å². The van der Waals surface area contributed by atoms with Gasteiger partial charge in [0.25, 0.3) is 0 Å². The van der Waals surface area contributed by atoms with Gasteiger partial charge in [-0.25, -0.2) is 0 Å². The number of aromatic nitrogens is 3. The van der Waals surface area contributed by atoms with Gasteiger partial charge in [0.2, 0.25) is 5.95 Å². The van der Waals surface area contributed by atoms with Crippen LogP contribution in [0.5, 0.6) is 5.75 Å². The monoisotopic (exact) mass is 363 g/mol. The second-order valence-electron chi connectivity index (χ2n) is 6.34. The van der Waals surface area contributed by atoms with E-state index in [0.29, 0.717) is 18.4 Å². The average molecular weight is 363 g/mol. The van der Waals surface area contributed by atoms with Gasteiger partial charge in [-0.2, -0.15) is 10.1 Å². The summed E-state index contributed by atoms with van der Waals surface area (Å²) >= 11 is 0. The van der Waals surface area contributed by atoms with Gasteiger partial charge in [-0.1, -0.05) is 43.7 Å². The molecule has 0 atom stereocenters. The van der Waals surface area contributed by atoms with Gasteiger partial charge in [-0.05, 0) is 36.2 Å². The summed E-state index contributed by atoms with van der Waals surface area (Å²) < 4.78 is 5.81. The van der Waals surface area contributed by atoms with Crippen LogP contribution < -0.4 is 15.0 Å². The summed E-state index contributed by atoms with van der Waals surface area (Å²) in [6.45, 7) is 3.63. The first-order valence-corrected chi connectivity index (χ1v) is 9.19. The van der Waals surface area contributed by atoms with Gasteiger partial charge in [0.05, 0.1) is 6.20 Å². The zero-order valence-electron chi connectivity index (χ0n) is 15.8. The van der Waals surface area contributed by atoms with Crippen molar-refractivity contribution >= 4 is 17.5 Å². The Morgan fingerprint density at radius 2 is 1.81 bits per heavy atom. The standard InChI is InChI=1S/C21H25N5O/c1-3-4-14-26(2)21-24-20(15-22-25-21)23-18-10-12-19(13-11-18)27-16-17-8-6-5-7-9-17/h5-13,15H,3-4,14,16H2,1-2H3,(H,23,24,25). The highest BCUT2D eigenvalue weighted by Gasteiger charge is 2.06. The fourth-order valence-electron chi connectivity index (χ4n) is 2.53. The Bertz CT molecular complexity index is 823. The van der Waals surface area contributed by atoms with Crippen molar-refractivity contribution in [3.63, 3.8) is 0 Å². The number of hydrogen-bond donors (Lipinski definition) is 1. The molecule has 0 radical (unpaired) electrons. The molecule has 140 valence electrons. The predicted octanol–water partition coefficient (Wildman–Crippen LogP) is 4.43. The SMILES string of the molecule is CCCCN(C)c1nncc(Nc2ccc(OCc3ccccc3)cc2)n1. The first-order chi connectivity index (χ1) is 13.2. The van der Waals surface area contributed by atoms with Crippen LogP contribution >= 0.6 is 0 Å². The first-order valence-electron chi connectivity index (χ1n) is 9.19. The molecule has 3 rings (SSSR count). The van der Waals surface area contributed by atoms with Gasteiger partial charge in [-0.3, -0.25) is 0 Å². The van der Waals surface area contributed by atoms with Crippen molar-refractivity contribution in [2.45, 2.75) is 26.4 Å². The summed E-state index contributed by atoms with van der Waals surface area (Å²) in [5.74, 6) is 2.11. The Labute approximate surface area is 160 Å². The zero-order valence-corrected chi connectivity index (χ0v) is 15.8. The van der Waals surface area contributed by atoms with E-state index >= 15 is 0 Å². The molecule has 0 saturated carbocycles. The van der Waals surface area contributed by atoms with Gasteiger partial charge in [-0.15, -0.1) is 5.10 Å². The topological polar surface area (TPSA) is 63.2 Å². The third-order valence-corrected chi connectivity index (χ3v) is 4.11. The molecular formula is C21H25N5O. The van der Waals surface area contributed by atoms with E-state index < -0.39 is 0 Å². The molecule has 1 N–H and O–H groups in total. The highest BCUT2D eigenvalue weighted by Crippen LogP contribution is 2.20. The van der Waals surface area contributed by atoms with Gasteiger partial charge < -0.3 is 15.0 Å². The normalized spacial score (nSPS) is 10.4.